The molecular formula is C15H9Cl2N5O3. The number of halogens is 2. The molecule has 4 rings (SSSR count). The van der Waals surface area contributed by atoms with Crippen LogP contribution in [-0.2, 0) is 4.74 Å². The zero-order chi connectivity index (χ0) is 17.6. The first kappa shape index (κ1) is 15.7. The van der Waals surface area contributed by atoms with Crippen molar-refractivity contribution < 1.29 is 13.9 Å². The van der Waals surface area contributed by atoms with E-state index in [-0.39, 0.29) is 11.8 Å². The van der Waals surface area contributed by atoms with Crippen LogP contribution in [0, 0.1) is 0 Å². The van der Waals surface area contributed by atoms with Crippen LogP contribution in [0.15, 0.2) is 28.9 Å². The molecule has 0 aliphatic carbocycles. The van der Waals surface area contributed by atoms with Crippen LogP contribution >= 0.6 is 23.2 Å². The van der Waals surface area contributed by atoms with Crippen LogP contribution in [0.4, 0.5) is 0 Å². The Morgan fingerprint density at radius 3 is 2.84 bits per heavy atom. The van der Waals surface area contributed by atoms with Crippen molar-refractivity contribution in [3.63, 3.8) is 0 Å². The van der Waals surface area contributed by atoms with E-state index >= 15 is 0 Å². The van der Waals surface area contributed by atoms with Gasteiger partial charge in [0, 0.05) is 22.7 Å². The number of methoxy groups -OCH3 is 1. The third-order valence-corrected chi connectivity index (χ3v) is 4.45. The van der Waals surface area contributed by atoms with Gasteiger partial charge >= 0.3 is 11.9 Å². The normalized spacial score (nSPS) is 11.2. The summed E-state index contributed by atoms with van der Waals surface area (Å²) in [6.07, 6.45) is 3.36. The number of nitrogens with zero attached hydrogens (tertiary/aromatic N) is 3. The first-order valence-corrected chi connectivity index (χ1v) is 7.76. The van der Waals surface area contributed by atoms with Crippen LogP contribution in [0.3, 0.4) is 0 Å². The zero-order valence-electron chi connectivity index (χ0n) is 12.6. The van der Waals surface area contributed by atoms with Crippen LogP contribution < -0.4 is 0 Å². The molecule has 3 aromatic heterocycles. The average Bonchev–Trinajstić information content (AvgIpc) is 3.35. The molecule has 0 spiro atoms. The zero-order valence-corrected chi connectivity index (χ0v) is 14.1. The van der Waals surface area contributed by atoms with E-state index in [0.29, 0.717) is 21.3 Å². The third-order valence-electron chi connectivity index (χ3n) is 3.65. The van der Waals surface area contributed by atoms with Gasteiger partial charge in [-0.25, -0.2) is 4.79 Å². The number of carbonyl (C=O) groups is 1. The Morgan fingerprint density at radius 1 is 1.28 bits per heavy atom. The lowest BCUT2D eigenvalue weighted by Gasteiger charge is -1.99. The monoisotopic (exact) mass is 377 g/mol. The molecular weight excluding hydrogens is 369 g/mol. The quantitative estimate of drug-likeness (QED) is 0.526. The number of carbonyl (C=O) groups excluding carboxylic acids is 1. The molecule has 0 aliphatic heterocycles. The second-order valence-electron chi connectivity index (χ2n) is 5.05. The highest BCUT2D eigenvalue weighted by Crippen LogP contribution is 2.41. The maximum Gasteiger partial charge on any atom is 0.396 e. The summed E-state index contributed by atoms with van der Waals surface area (Å²) in [5, 5.41) is 15.9. The van der Waals surface area contributed by atoms with Gasteiger partial charge in [-0.1, -0.05) is 29.3 Å². The Morgan fingerprint density at radius 2 is 2.12 bits per heavy atom. The van der Waals surface area contributed by atoms with E-state index in [9.17, 15) is 4.79 Å². The van der Waals surface area contributed by atoms with Crippen LogP contribution in [0.25, 0.3) is 33.6 Å². The Hall–Kier alpha value is -2.84. The summed E-state index contributed by atoms with van der Waals surface area (Å²) in [4.78, 5) is 14.7. The van der Waals surface area contributed by atoms with Crippen molar-refractivity contribution in [2.24, 2.45) is 0 Å². The van der Waals surface area contributed by atoms with Gasteiger partial charge in [-0.2, -0.15) is 5.10 Å². The molecule has 1 aromatic carbocycles. The first-order valence-electron chi connectivity index (χ1n) is 7.01. The molecule has 10 heteroatoms. The molecule has 3 heterocycles. The van der Waals surface area contributed by atoms with Gasteiger partial charge in [0.25, 0.3) is 5.89 Å². The number of hydrogen-bond acceptors (Lipinski definition) is 6. The molecule has 0 aliphatic rings. The highest BCUT2D eigenvalue weighted by atomic mass is 35.5. The van der Waals surface area contributed by atoms with Gasteiger partial charge in [-0.3, -0.25) is 5.10 Å². The third kappa shape index (κ3) is 2.46. The lowest BCUT2D eigenvalue weighted by molar-refractivity contribution is 0.0556. The predicted octanol–water partition coefficient (Wildman–Crippen LogP) is 3.70. The molecule has 0 saturated carbocycles. The second-order valence-corrected chi connectivity index (χ2v) is 5.84. The fraction of sp³-hybridized carbons (Fsp3) is 0.0667. The summed E-state index contributed by atoms with van der Waals surface area (Å²) >= 11 is 12.4. The van der Waals surface area contributed by atoms with E-state index in [4.69, 9.17) is 27.6 Å². The lowest BCUT2D eigenvalue weighted by Crippen LogP contribution is -2.00. The molecule has 0 fully saturated rings. The highest BCUT2D eigenvalue weighted by molar-refractivity contribution is 6.45. The number of benzene rings is 1. The topological polar surface area (TPSA) is 110 Å². The minimum absolute atomic E-state index is 0.111. The van der Waals surface area contributed by atoms with Gasteiger partial charge in [0.2, 0.25) is 0 Å². The van der Waals surface area contributed by atoms with Crippen LogP contribution in [0.1, 0.15) is 10.7 Å². The number of esters is 1. The average molecular weight is 378 g/mol. The molecule has 0 radical (unpaired) electrons. The van der Waals surface area contributed by atoms with Gasteiger partial charge in [0.1, 0.15) is 5.69 Å². The number of aromatic nitrogens is 5. The van der Waals surface area contributed by atoms with Crippen LogP contribution in [0.5, 0.6) is 0 Å². The van der Waals surface area contributed by atoms with Crippen molar-refractivity contribution in [3.05, 3.63) is 40.5 Å². The molecule has 4 aromatic rings. The van der Waals surface area contributed by atoms with Crippen molar-refractivity contribution >= 4 is 40.1 Å². The molecule has 8 nitrogen and oxygen atoms in total. The second kappa shape index (κ2) is 5.91. The SMILES string of the molecule is COC(=O)c1nnc(-c2[nH]c3c(Cl)c(Cl)ccc3c2-c2cn[nH]c2)o1. The standard InChI is InChI=1S/C15H9Cl2N5O3/c1-24-15(23)14-22-21-13(25-14)12-9(6-4-18-19-5-6)7-2-3-8(16)10(17)11(7)20-12/h2-5,20H,1H3,(H,18,19). The van der Waals surface area contributed by atoms with Crippen molar-refractivity contribution in [3.8, 4) is 22.7 Å². The van der Waals surface area contributed by atoms with E-state index in [0.717, 1.165) is 16.5 Å². The number of fused-ring (bicyclic) bond motifs is 1. The molecule has 25 heavy (non-hydrogen) atoms. The molecule has 0 saturated heterocycles. The van der Waals surface area contributed by atoms with Gasteiger partial charge in [0.15, 0.2) is 0 Å². The van der Waals surface area contributed by atoms with E-state index in [1.165, 1.54) is 7.11 Å². The van der Waals surface area contributed by atoms with E-state index in [1.54, 1.807) is 18.5 Å². The van der Waals surface area contributed by atoms with Gasteiger partial charge in [-0.05, 0) is 6.07 Å². The lowest BCUT2D eigenvalue weighted by atomic mass is 10.1. The number of hydrogen-bond donors (Lipinski definition) is 2. The summed E-state index contributed by atoms with van der Waals surface area (Å²) in [6, 6.07) is 3.52. The number of aromatic amines is 2. The summed E-state index contributed by atoms with van der Waals surface area (Å²) in [6.45, 7) is 0. The molecule has 0 bridgehead atoms. The minimum atomic E-state index is -0.721. The van der Waals surface area contributed by atoms with Crippen LogP contribution in [0.2, 0.25) is 10.0 Å². The maximum atomic E-state index is 11.6. The van der Waals surface area contributed by atoms with Gasteiger partial charge in [0.05, 0.1) is 28.9 Å². The largest absolute Gasteiger partial charge is 0.462 e. The smallest absolute Gasteiger partial charge is 0.396 e. The van der Waals surface area contributed by atoms with E-state index in [2.05, 4.69) is 30.1 Å². The Kier molecular flexibility index (Phi) is 3.70. The summed E-state index contributed by atoms with van der Waals surface area (Å²) < 4.78 is 10.0. The summed E-state index contributed by atoms with van der Waals surface area (Å²) in [5.74, 6) is -0.862. The first-order chi connectivity index (χ1) is 12.1. The fourth-order valence-corrected chi connectivity index (χ4v) is 2.91. The number of rotatable bonds is 3. The molecule has 0 amide bonds. The molecule has 0 atom stereocenters. The Labute approximate surface area is 150 Å². The Balaban J connectivity index is 2.00. The summed E-state index contributed by atoms with van der Waals surface area (Å²) in [5.41, 5.74) is 2.61. The van der Waals surface area contributed by atoms with Crippen molar-refractivity contribution in [1.29, 1.82) is 0 Å². The molecule has 126 valence electrons. The van der Waals surface area contributed by atoms with Gasteiger partial charge in [-0.15, -0.1) is 10.2 Å². The highest BCUT2D eigenvalue weighted by Gasteiger charge is 2.24. The summed E-state index contributed by atoms with van der Waals surface area (Å²) in [7, 11) is 1.23. The van der Waals surface area contributed by atoms with E-state index < -0.39 is 5.97 Å². The number of H-pyrrole nitrogens is 2. The molecule has 0 unspecified atom stereocenters. The maximum absolute atomic E-state index is 11.6. The van der Waals surface area contributed by atoms with Crippen LogP contribution in [-0.4, -0.2) is 38.5 Å². The number of ether oxygens (including phenoxy) is 1. The predicted molar refractivity (Wildman–Crippen MR) is 90.5 cm³/mol. The number of nitrogens with one attached hydrogen (secondary N) is 2. The fourth-order valence-electron chi connectivity index (χ4n) is 2.55. The van der Waals surface area contributed by atoms with Crippen molar-refractivity contribution in [2.45, 2.75) is 0 Å². The Bertz CT molecular complexity index is 1080. The van der Waals surface area contributed by atoms with E-state index in [1.807, 2.05) is 6.07 Å². The van der Waals surface area contributed by atoms with Crippen molar-refractivity contribution in [1.82, 2.24) is 25.4 Å². The molecule has 2 N–H and O–H groups in total. The minimum Gasteiger partial charge on any atom is -0.462 e. The van der Waals surface area contributed by atoms with Crippen molar-refractivity contribution in [2.75, 3.05) is 7.11 Å². The van der Waals surface area contributed by atoms with Gasteiger partial charge < -0.3 is 14.1 Å².